The molecule has 0 aromatic rings. The molecule has 0 saturated carbocycles. The third kappa shape index (κ3) is 0.825. The summed E-state index contributed by atoms with van der Waals surface area (Å²) in [6.45, 7) is 1.41. The molecular weight excluding hydrogens is 150 g/mol. The third-order valence-corrected chi connectivity index (χ3v) is 2.74. The highest BCUT2D eigenvalue weighted by molar-refractivity contribution is 5.09. The van der Waals surface area contributed by atoms with E-state index in [-0.39, 0.29) is 6.54 Å². The Morgan fingerprint density at radius 3 is 2.09 bits per heavy atom. The fourth-order valence-electron chi connectivity index (χ4n) is 1.99. The molecule has 0 bridgehead atoms. The van der Waals surface area contributed by atoms with Gasteiger partial charge < -0.3 is 5.32 Å². The van der Waals surface area contributed by atoms with Gasteiger partial charge in [-0.1, -0.05) is 0 Å². The van der Waals surface area contributed by atoms with Crippen LogP contribution in [-0.2, 0) is 0 Å². The van der Waals surface area contributed by atoms with Gasteiger partial charge in [-0.3, -0.25) is 4.90 Å². The molecular formula is C7H12F2N2. The van der Waals surface area contributed by atoms with E-state index in [0.717, 1.165) is 0 Å². The Bertz CT molecular complexity index is 177. The van der Waals surface area contributed by atoms with E-state index in [9.17, 15) is 8.78 Å². The highest BCUT2D eigenvalue weighted by atomic mass is 19.3. The van der Waals surface area contributed by atoms with Crippen molar-refractivity contribution >= 4 is 0 Å². The summed E-state index contributed by atoms with van der Waals surface area (Å²) in [7, 11) is 1.75. The summed E-state index contributed by atoms with van der Waals surface area (Å²) in [5.41, 5.74) is -0.734. The van der Waals surface area contributed by atoms with E-state index in [1.165, 1.54) is 0 Å². The molecule has 0 atom stereocenters. The number of halogens is 2. The van der Waals surface area contributed by atoms with Crippen molar-refractivity contribution in [2.75, 3.05) is 33.2 Å². The molecule has 2 aliphatic rings. The SMILES string of the molecule is CN1CC(F)(F)C2(CNC2)C1. The monoisotopic (exact) mass is 162 g/mol. The molecule has 0 unspecified atom stereocenters. The maximum absolute atomic E-state index is 13.2. The summed E-state index contributed by atoms with van der Waals surface area (Å²) in [6, 6.07) is 0. The quantitative estimate of drug-likeness (QED) is 0.545. The predicted molar refractivity (Wildman–Crippen MR) is 37.7 cm³/mol. The van der Waals surface area contributed by atoms with Crippen molar-refractivity contribution in [2.24, 2.45) is 5.41 Å². The van der Waals surface area contributed by atoms with Crippen LogP contribution >= 0.6 is 0 Å². The topological polar surface area (TPSA) is 15.3 Å². The zero-order valence-electron chi connectivity index (χ0n) is 6.53. The summed E-state index contributed by atoms with van der Waals surface area (Å²) in [4.78, 5) is 1.71. The maximum Gasteiger partial charge on any atom is 0.269 e. The van der Waals surface area contributed by atoms with Crippen LogP contribution in [0.15, 0.2) is 0 Å². The number of likely N-dealkylation sites (tertiary alicyclic amines) is 1. The average Bonchev–Trinajstić information content (AvgIpc) is 1.98. The first-order valence-electron chi connectivity index (χ1n) is 3.83. The van der Waals surface area contributed by atoms with Crippen LogP contribution in [0, 0.1) is 5.41 Å². The molecule has 4 heteroatoms. The van der Waals surface area contributed by atoms with Crippen molar-refractivity contribution in [3.63, 3.8) is 0 Å². The molecule has 2 heterocycles. The molecule has 0 aliphatic carbocycles. The van der Waals surface area contributed by atoms with E-state index in [1.807, 2.05) is 0 Å². The van der Waals surface area contributed by atoms with E-state index >= 15 is 0 Å². The van der Waals surface area contributed by atoms with Gasteiger partial charge in [-0.05, 0) is 7.05 Å². The summed E-state index contributed by atoms with van der Waals surface area (Å²) in [6.07, 6.45) is 0. The van der Waals surface area contributed by atoms with Gasteiger partial charge in [-0.25, -0.2) is 8.78 Å². The molecule has 0 radical (unpaired) electrons. The van der Waals surface area contributed by atoms with Gasteiger partial charge in [0, 0.05) is 19.6 Å². The molecule has 64 valence electrons. The zero-order chi connectivity index (χ0) is 8.11. The van der Waals surface area contributed by atoms with Gasteiger partial charge >= 0.3 is 0 Å². The fraction of sp³-hybridized carbons (Fsp3) is 1.00. The average molecular weight is 162 g/mol. The lowest BCUT2D eigenvalue weighted by Gasteiger charge is -2.42. The molecule has 2 fully saturated rings. The molecule has 0 aromatic heterocycles. The molecule has 1 N–H and O–H groups in total. The molecule has 2 nitrogen and oxygen atoms in total. The molecule has 2 aliphatic heterocycles. The number of hydrogen-bond acceptors (Lipinski definition) is 2. The summed E-state index contributed by atoms with van der Waals surface area (Å²) in [5, 5.41) is 2.91. The Kier molecular flexibility index (Phi) is 1.30. The minimum atomic E-state index is -2.48. The van der Waals surface area contributed by atoms with Crippen molar-refractivity contribution < 1.29 is 8.78 Å². The first kappa shape index (κ1) is 7.43. The van der Waals surface area contributed by atoms with Crippen LogP contribution in [0.4, 0.5) is 8.78 Å². The minimum Gasteiger partial charge on any atom is -0.315 e. The number of rotatable bonds is 0. The molecule has 11 heavy (non-hydrogen) atoms. The second kappa shape index (κ2) is 1.93. The Morgan fingerprint density at radius 1 is 1.27 bits per heavy atom. The van der Waals surface area contributed by atoms with E-state index in [2.05, 4.69) is 5.32 Å². The maximum atomic E-state index is 13.2. The molecule has 0 amide bonds. The Hall–Kier alpha value is -0.220. The molecule has 1 spiro atoms. The number of alkyl halides is 2. The van der Waals surface area contributed by atoms with Crippen LogP contribution in [0.2, 0.25) is 0 Å². The normalized spacial score (nSPS) is 34.1. The van der Waals surface area contributed by atoms with E-state index in [1.54, 1.807) is 11.9 Å². The van der Waals surface area contributed by atoms with Crippen LogP contribution in [-0.4, -0.2) is 44.0 Å². The molecule has 2 saturated heterocycles. The van der Waals surface area contributed by atoms with E-state index in [4.69, 9.17) is 0 Å². The van der Waals surface area contributed by atoms with Crippen LogP contribution < -0.4 is 5.32 Å². The minimum absolute atomic E-state index is 0.0747. The van der Waals surface area contributed by atoms with E-state index in [0.29, 0.717) is 19.6 Å². The third-order valence-electron chi connectivity index (χ3n) is 2.74. The Morgan fingerprint density at radius 2 is 1.91 bits per heavy atom. The highest BCUT2D eigenvalue weighted by Crippen LogP contribution is 2.45. The lowest BCUT2D eigenvalue weighted by Crippen LogP contribution is -2.62. The van der Waals surface area contributed by atoms with Crippen molar-refractivity contribution in [1.82, 2.24) is 10.2 Å². The fourth-order valence-corrected chi connectivity index (χ4v) is 1.99. The lowest BCUT2D eigenvalue weighted by atomic mass is 9.78. The Balaban J connectivity index is 2.20. The first-order valence-corrected chi connectivity index (χ1v) is 3.83. The van der Waals surface area contributed by atoms with Gasteiger partial charge in [-0.2, -0.15) is 0 Å². The second-order valence-corrected chi connectivity index (χ2v) is 3.76. The smallest absolute Gasteiger partial charge is 0.269 e. The van der Waals surface area contributed by atoms with Gasteiger partial charge in [0.15, 0.2) is 0 Å². The molecule has 0 aromatic carbocycles. The standard InChI is InChI=1S/C7H12F2N2/c1-11-4-6(2-10-3-6)7(8,9)5-11/h10H,2-5H2,1H3. The Labute approximate surface area is 64.6 Å². The van der Waals surface area contributed by atoms with Crippen LogP contribution in [0.25, 0.3) is 0 Å². The van der Waals surface area contributed by atoms with Gasteiger partial charge in [0.25, 0.3) is 5.92 Å². The largest absolute Gasteiger partial charge is 0.315 e. The number of hydrogen-bond donors (Lipinski definition) is 1. The first-order chi connectivity index (χ1) is 5.06. The van der Waals surface area contributed by atoms with Crippen molar-refractivity contribution in [3.05, 3.63) is 0 Å². The van der Waals surface area contributed by atoms with Crippen molar-refractivity contribution in [2.45, 2.75) is 5.92 Å². The van der Waals surface area contributed by atoms with Gasteiger partial charge in [0.2, 0.25) is 0 Å². The second-order valence-electron chi connectivity index (χ2n) is 3.76. The molecule has 2 rings (SSSR count). The van der Waals surface area contributed by atoms with Crippen LogP contribution in [0.3, 0.4) is 0 Å². The zero-order valence-corrected chi connectivity index (χ0v) is 6.53. The van der Waals surface area contributed by atoms with Crippen LogP contribution in [0.5, 0.6) is 0 Å². The van der Waals surface area contributed by atoms with Gasteiger partial charge in [-0.15, -0.1) is 0 Å². The number of nitrogens with zero attached hydrogens (tertiary/aromatic N) is 1. The van der Waals surface area contributed by atoms with Crippen molar-refractivity contribution in [3.8, 4) is 0 Å². The summed E-state index contributed by atoms with van der Waals surface area (Å²) < 4.78 is 26.4. The van der Waals surface area contributed by atoms with E-state index < -0.39 is 11.3 Å². The number of nitrogens with one attached hydrogen (secondary N) is 1. The van der Waals surface area contributed by atoms with Crippen LogP contribution in [0.1, 0.15) is 0 Å². The van der Waals surface area contributed by atoms with Gasteiger partial charge in [0.05, 0.1) is 12.0 Å². The summed E-state index contributed by atoms with van der Waals surface area (Å²) in [5.74, 6) is -2.48. The predicted octanol–water partition coefficient (Wildman–Crippen LogP) is 0.157. The van der Waals surface area contributed by atoms with Crippen molar-refractivity contribution in [1.29, 1.82) is 0 Å². The highest BCUT2D eigenvalue weighted by Gasteiger charge is 2.62. The lowest BCUT2D eigenvalue weighted by molar-refractivity contribution is -0.108. The summed E-state index contributed by atoms with van der Waals surface area (Å²) >= 11 is 0. The van der Waals surface area contributed by atoms with Gasteiger partial charge in [0.1, 0.15) is 0 Å².